The largest absolute Gasteiger partial charge is 0.341 e. The van der Waals surface area contributed by atoms with Gasteiger partial charge in [0, 0.05) is 26.2 Å². The Labute approximate surface area is 96.9 Å². The van der Waals surface area contributed by atoms with Gasteiger partial charge in [-0.15, -0.1) is 0 Å². The van der Waals surface area contributed by atoms with Crippen molar-refractivity contribution in [1.29, 1.82) is 0 Å². The molecule has 0 atom stereocenters. The van der Waals surface area contributed by atoms with E-state index >= 15 is 0 Å². The number of nitrogens with one attached hydrogen (secondary N) is 1. The maximum absolute atomic E-state index is 11.7. The van der Waals surface area contributed by atoms with Crippen LogP contribution in [0, 0.1) is 6.07 Å². The summed E-state index contributed by atoms with van der Waals surface area (Å²) in [6.45, 7) is 1.46. The third-order valence-corrected chi connectivity index (χ3v) is 2.21. The molecule has 0 aliphatic heterocycles. The number of carbonyl (C=O) groups excluding carboxylic acids is 1. The zero-order valence-corrected chi connectivity index (χ0v) is 10.0. The van der Waals surface area contributed by atoms with E-state index in [2.05, 4.69) is 11.4 Å². The van der Waals surface area contributed by atoms with Crippen LogP contribution in [0.3, 0.4) is 0 Å². The number of para-hydroxylation sites is 1. The molecule has 0 heterocycles. The van der Waals surface area contributed by atoms with Gasteiger partial charge in [0.25, 0.3) is 0 Å². The van der Waals surface area contributed by atoms with Crippen molar-refractivity contribution in [3.63, 3.8) is 0 Å². The summed E-state index contributed by atoms with van der Waals surface area (Å²) < 4.78 is 0. The molecular weight excluding hydrogens is 202 g/mol. The van der Waals surface area contributed by atoms with E-state index in [-0.39, 0.29) is 6.03 Å². The third-order valence-electron chi connectivity index (χ3n) is 2.21. The van der Waals surface area contributed by atoms with Gasteiger partial charge in [-0.25, -0.2) is 4.79 Å². The molecule has 0 aliphatic carbocycles. The smallest absolute Gasteiger partial charge is 0.321 e. The molecule has 4 nitrogen and oxygen atoms in total. The molecular formula is C12H18N3O. The Morgan fingerprint density at radius 3 is 2.62 bits per heavy atom. The second-order valence-corrected chi connectivity index (χ2v) is 3.76. The molecule has 0 aromatic heterocycles. The van der Waals surface area contributed by atoms with Crippen molar-refractivity contribution in [3.8, 4) is 0 Å². The Hall–Kier alpha value is -1.55. The topological polar surface area (TPSA) is 35.6 Å². The molecule has 1 radical (unpaired) electrons. The fourth-order valence-corrected chi connectivity index (χ4v) is 1.32. The number of benzene rings is 1. The van der Waals surface area contributed by atoms with E-state index in [1.54, 1.807) is 18.0 Å². The fraction of sp³-hybridized carbons (Fsp3) is 0.417. The zero-order valence-electron chi connectivity index (χ0n) is 10.0. The van der Waals surface area contributed by atoms with Gasteiger partial charge in [0.05, 0.1) is 5.69 Å². The fourth-order valence-electron chi connectivity index (χ4n) is 1.32. The second kappa shape index (κ2) is 6.12. The Balaban J connectivity index is 2.76. The number of amides is 2. The summed E-state index contributed by atoms with van der Waals surface area (Å²) in [5.74, 6) is 0. The van der Waals surface area contributed by atoms with Crippen LogP contribution in [0.1, 0.15) is 0 Å². The summed E-state index contributed by atoms with van der Waals surface area (Å²) in [6.07, 6.45) is 0. The highest BCUT2D eigenvalue weighted by atomic mass is 16.2. The van der Waals surface area contributed by atoms with Crippen molar-refractivity contribution >= 4 is 11.7 Å². The molecule has 16 heavy (non-hydrogen) atoms. The highest BCUT2D eigenvalue weighted by Crippen LogP contribution is 2.11. The minimum Gasteiger partial charge on any atom is -0.341 e. The van der Waals surface area contributed by atoms with Crippen molar-refractivity contribution in [1.82, 2.24) is 10.2 Å². The van der Waals surface area contributed by atoms with Crippen molar-refractivity contribution in [3.05, 3.63) is 30.3 Å². The van der Waals surface area contributed by atoms with Crippen molar-refractivity contribution in [2.24, 2.45) is 0 Å². The number of hydrogen-bond acceptors (Lipinski definition) is 2. The Bertz CT molecular complexity index is 324. The first-order chi connectivity index (χ1) is 7.65. The van der Waals surface area contributed by atoms with Gasteiger partial charge < -0.3 is 10.2 Å². The molecule has 4 heteroatoms. The predicted octanol–water partition coefficient (Wildman–Crippen LogP) is 1.19. The van der Waals surface area contributed by atoms with E-state index in [0.717, 1.165) is 12.2 Å². The van der Waals surface area contributed by atoms with Gasteiger partial charge >= 0.3 is 6.03 Å². The molecule has 1 aromatic carbocycles. The first-order valence-corrected chi connectivity index (χ1v) is 5.26. The molecule has 1 aromatic rings. The third kappa shape index (κ3) is 3.55. The molecule has 0 unspecified atom stereocenters. The standard InChI is InChI=1S/C12H18N3O/c1-13-12(16)15(10-9-14(2)3)11-7-5-4-6-8-11/h4-7H,9-10H2,1-3H3,(H,13,16). The predicted molar refractivity (Wildman–Crippen MR) is 65.6 cm³/mol. The van der Waals surface area contributed by atoms with Crippen LogP contribution in [0.2, 0.25) is 0 Å². The van der Waals surface area contributed by atoms with Gasteiger partial charge in [-0.1, -0.05) is 18.2 Å². The molecule has 1 rings (SSSR count). The summed E-state index contributed by atoms with van der Waals surface area (Å²) >= 11 is 0. The number of likely N-dealkylation sites (N-methyl/N-ethyl adjacent to an activating group) is 1. The molecule has 2 amide bonds. The number of rotatable bonds is 4. The van der Waals surface area contributed by atoms with Crippen molar-refractivity contribution < 1.29 is 4.79 Å². The lowest BCUT2D eigenvalue weighted by molar-refractivity contribution is 0.247. The van der Waals surface area contributed by atoms with Crippen LogP contribution in [0.25, 0.3) is 0 Å². The lowest BCUT2D eigenvalue weighted by atomic mass is 10.3. The molecule has 0 fully saturated rings. The minimum absolute atomic E-state index is 0.107. The van der Waals surface area contributed by atoms with E-state index in [0.29, 0.717) is 6.54 Å². The Morgan fingerprint density at radius 2 is 2.12 bits per heavy atom. The first-order valence-electron chi connectivity index (χ1n) is 5.26. The van der Waals surface area contributed by atoms with Crippen LogP contribution in [0.5, 0.6) is 0 Å². The number of carbonyl (C=O) groups is 1. The van der Waals surface area contributed by atoms with Gasteiger partial charge in [0.2, 0.25) is 0 Å². The van der Waals surface area contributed by atoms with Crippen LogP contribution >= 0.6 is 0 Å². The number of anilines is 1. The molecule has 1 N–H and O–H groups in total. The lowest BCUT2D eigenvalue weighted by Gasteiger charge is -2.23. The van der Waals surface area contributed by atoms with Crippen LogP contribution in [0.4, 0.5) is 10.5 Å². The highest BCUT2D eigenvalue weighted by molar-refractivity contribution is 5.91. The van der Waals surface area contributed by atoms with E-state index in [1.807, 2.05) is 37.2 Å². The maximum Gasteiger partial charge on any atom is 0.321 e. The quantitative estimate of drug-likeness (QED) is 0.827. The summed E-state index contributed by atoms with van der Waals surface area (Å²) in [5, 5.41) is 2.64. The number of hydrogen-bond donors (Lipinski definition) is 1. The van der Waals surface area contributed by atoms with Gasteiger partial charge in [0.1, 0.15) is 0 Å². The molecule has 0 saturated carbocycles. The molecule has 87 valence electrons. The van der Waals surface area contributed by atoms with Crippen LogP contribution in [-0.2, 0) is 0 Å². The van der Waals surface area contributed by atoms with Crippen LogP contribution in [0.15, 0.2) is 24.3 Å². The molecule has 0 spiro atoms. The van der Waals surface area contributed by atoms with Gasteiger partial charge in [-0.2, -0.15) is 0 Å². The maximum atomic E-state index is 11.7. The van der Waals surface area contributed by atoms with Crippen molar-refractivity contribution in [2.45, 2.75) is 0 Å². The van der Waals surface area contributed by atoms with Crippen molar-refractivity contribution in [2.75, 3.05) is 39.1 Å². The van der Waals surface area contributed by atoms with E-state index in [9.17, 15) is 4.79 Å². The molecule has 0 aliphatic rings. The van der Waals surface area contributed by atoms with E-state index < -0.39 is 0 Å². The number of urea groups is 1. The normalized spacial score (nSPS) is 10.2. The summed E-state index contributed by atoms with van der Waals surface area (Å²) in [6, 6.07) is 10.4. The van der Waals surface area contributed by atoms with Gasteiger partial charge in [-0.05, 0) is 20.2 Å². The second-order valence-electron chi connectivity index (χ2n) is 3.76. The monoisotopic (exact) mass is 220 g/mol. The lowest BCUT2D eigenvalue weighted by Crippen LogP contribution is -2.41. The zero-order chi connectivity index (χ0) is 12.0. The van der Waals surface area contributed by atoms with Gasteiger partial charge in [0.15, 0.2) is 0 Å². The summed E-state index contributed by atoms with van der Waals surface area (Å²) in [7, 11) is 5.60. The van der Waals surface area contributed by atoms with E-state index in [4.69, 9.17) is 0 Å². The first kappa shape index (κ1) is 12.5. The summed E-state index contributed by atoms with van der Waals surface area (Å²) in [5.41, 5.74) is 0.795. The number of nitrogens with zero attached hydrogens (tertiary/aromatic N) is 2. The summed E-state index contributed by atoms with van der Waals surface area (Å²) in [4.78, 5) is 15.4. The average Bonchev–Trinajstić information content (AvgIpc) is 2.30. The Kier molecular flexibility index (Phi) is 4.79. The highest BCUT2D eigenvalue weighted by Gasteiger charge is 2.13. The molecule has 0 bridgehead atoms. The van der Waals surface area contributed by atoms with Crippen LogP contribution in [-0.4, -0.2) is 45.2 Å². The average molecular weight is 220 g/mol. The van der Waals surface area contributed by atoms with Gasteiger partial charge in [-0.3, -0.25) is 4.90 Å². The SMILES string of the molecule is CNC(=O)N(CCN(C)C)c1[c]cccc1. The molecule has 0 saturated heterocycles. The van der Waals surface area contributed by atoms with E-state index in [1.165, 1.54) is 0 Å². The van der Waals surface area contributed by atoms with Crippen LogP contribution < -0.4 is 10.2 Å². The minimum atomic E-state index is -0.107. The Morgan fingerprint density at radius 1 is 1.38 bits per heavy atom.